The van der Waals surface area contributed by atoms with E-state index in [1.807, 2.05) is 29.2 Å². The van der Waals surface area contributed by atoms with Crippen molar-refractivity contribution in [1.82, 2.24) is 9.88 Å². The van der Waals surface area contributed by atoms with Crippen molar-refractivity contribution in [3.05, 3.63) is 59.3 Å². The normalized spacial score (nSPS) is 18.4. The first-order valence-corrected chi connectivity index (χ1v) is 8.48. The number of nitrogens with zero attached hydrogens (tertiary/aromatic N) is 1. The maximum atomic E-state index is 12.3. The molecule has 126 valence electrons. The molecule has 25 heavy (non-hydrogen) atoms. The van der Waals surface area contributed by atoms with Crippen molar-refractivity contribution in [2.24, 2.45) is 0 Å². The van der Waals surface area contributed by atoms with E-state index in [-0.39, 0.29) is 18.7 Å². The molecular formula is C20H18N2O3. The number of aromatic nitrogens is 1. The second-order valence-corrected chi connectivity index (χ2v) is 6.54. The number of para-hydroxylation sites is 1. The molecule has 0 spiro atoms. The van der Waals surface area contributed by atoms with Gasteiger partial charge in [0.25, 0.3) is 0 Å². The fraction of sp³-hybridized carbons (Fsp3) is 0.250. The van der Waals surface area contributed by atoms with Crippen molar-refractivity contribution in [2.75, 3.05) is 13.3 Å². The van der Waals surface area contributed by atoms with Crippen molar-refractivity contribution in [3.8, 4) is 11.5 Å². The Hall–Kier alpha value is -2.95. The molecule has 5 nitrogen and oxygen atoms in total. The Morgan fingerprint density at radius 3 is 2.88 bits per heavy atom. The van der Waals surface area contributed by atoms with Crippen LogP contribution in [0.4, 0.5) is 0 Å². The lowest BCUT2D eigenvalue weighted by Crippen LogP contribution is -2.39. The van der Waals surface area contributed by atoms with Gasteiger partial charge in [0.1, 0.15) is 0 Å². The lowest BCUT2D eigenvalue weighted by Gasteiger charge is -2.35. The summed E-state index contributed by atoms with van der Waals surface area (Å²) in [4.78, 5) is 17.8. The number of ether oxygens (including phenoxy) is 2. The molecule has 5 rings (SSSR count). The molecule has 0 bridgehead atoms. The van der Waals surface area contributed by atoms with Crippen LogP contribution < -0.4 is 9.47 Å². The van der Waals surface area contributed by atoms with Crippen LogP contribution in [0.2, 0.25) is 0 Å². The molecule has 5 heteroatoms. The molecule has 0 aliphatic carbocycles. The first-order chi connectivity index (χ1) is 12.2. The Kier molecular flexibility index (Phi) is 3.04. The molecule has 0 radical (unpaired) electrons. The summed E-state index contributed by atoms with van der Waals surface area (Å²) in [7, 11) is 0. The van der Waals surface area contributed by atoms with E-state index in [1.165, 1.54) is 10.9 Å². The molecule has 3 heterocycles. The summed E-state index contributed by atoms with van der Waals surface area (Å²) in [5.74, 6) is 1.57. The van der Waals surface area contributed by atoms with Gasteiger partial charge in [0, 0.05) is 30.1 Å². The lowest BCUT2D eigenvalue weighted by atomic mass is 9.92. The second-order valence-electron chi connectivity index (χ2n) is 6.54. The van der Waals surface area contributed by atoms with Gasteiger partial charge < -0.3 is 19.4 Å². The largest absolute Gasteiger partial charge is 0.454 e. The van der Waals surface area contributed by atoms with Crippen LogP contribution in [-0.2, 0) is 11.2 Å². The van der Waals surface area contributed by atoms with E-state index in [0.29, 0.717) is 6.54 Å². The number of hydrogen-bond donors (Lipinski definition) is 1. The van der Waals surface area contributed by atoms with Crippen molar-refractivity contribution in [1.29, 1.82) is 0 Å². The SMILES string of the molecule is CC(=O)N1CCc2c([nH]c3ccccc23)C1c1ccc2c(c1)OCO2. The number of benzene rings is 2. The van der Waals surface area contributed by atoms with E-state index in [1.54, 1.807) is 6.92 Å². The van der Waals surface area contributed by atoms with Crippen LogP contribution in [0, 0.1) is 0 Å². The van der Waals surface area contributed by atoms with E-state index in [0.717, 1.165) is 34.7 Å². The molecule has 1 unspecified atom stereocenters. The third-order valence-corrected chi connectivity index (χ3v) is 5.15. The number of carbonyl (C=O) groups excluding carboxylic acids is 1. The Morgan fingerprint density at radius 2 is 2.00 bits per heavy atom. The van der Waals surface area contributed by atoms with Crippen molar-refractivity contribution >= 4 is 16.8 Å². The van der Waals surface area contributed by atoms with Crippen molar-refractivity contribution < 1.29 is 14.3 Å². The van der Waals surface area contributed by atoms with E-state index in [4.69, 9.17) is 9.47 Å². The molecule has 1 aromatic heterocycles. The summed E-state index contributed by atoms with van der Waals surface area (Å²) in [5.41, 5.74) is 4.55. The number of aromatic amines is 1. The molecule has 0 fully saturated rings. The number of nitrogens with one attached hydrogen (secondary N) is 1. The van der Waals surface area contributed by atoms with Crippen LogP contribution in [-0.4, -0.2) is 29.1 Å². The number of carbonyl (C=O) groups is 1. The predicted molar refractivity (Wildman–Crippen MR) is 93.8 cm³/mol. The summed E-state index contributed by atoms with van der Waals surface area (Å²) in [6, 6.07) is 14.1. The van der Waals surface area contributed by atoms with Crippen molar-refractivity contribution in [3.63, 3.8) is 0 Å². The smallest absolute Gasteiger partial charge is 0.231 e. The van der Waals surface area contributed by atoms with Gasteiger partial charge in [-0.05, 0) is 35.7 Å². The lowest BCUT2D eigenvalue weighted by molar-refractivity contribution is -0.130. The van der Waals surface area contributed by atoms with Gasteiger partial charge >= 0.3 is 0 Å². The minimum absolute atomic E-state index is 0.0759. The molecule has 1 atom stereocenters. The van der Waals surface area contributed by atoms with Gasteiger partial charge in [0.2, 0.25) is 12.7 Å². The Labute approximate surface area is 145 Å². The zero-order valence-electron chi connectivity index (χ0n) is 13.9. The molecule has 2 aliphatic rings. The Balaban J connectivity index is 1.71. The minimum atomic E-state index is -0.136. The number of fused-ring (bicyclic) bond motifs is 4. The van der Waals surface area contributed by atoms with Gasteiger partial charge in [-0.25, -0.2) is 0 Å². The highest BCUT2D eigenvalue weighted by molar-refractivity contribution is 5.86. The topological polar surface area (TPSA) is 54.6 Å². The summed E-state index contributed by atoms with van der Waals surface area (Å²) in [6.45, 7) is 2.59. The molecule has 2 aromatic carbocycles. The van der Waals surface area contributed by atoms with E-state index in [9.17, 15) is 4.79 Å². The van der Waals surface area contributed by atoms with Gasteiger partial charge in [-0.2, -0.15) is 0 Å². The van der Waals surface area contributed by atoms with Crippen LogP contribution in [0.5, 0.6) is 11.5 Å². The predicted octanol–water partition coefficient (Wildman–Crippen LogP) is 3.39. The van der Waals surface area contributed by atoms with Crippen LogP contribution in [0.15, 0.2) is 42.5 Å². The van der Waals surface area contributed by atoms with Crippen LogP contribution >= 0.6 is 0 Å². The zero-order chi connectivity index (χ0) is 17.0. The zero-order valence-corrected chi connectivity index (χ0v) is 13.9. The molecule has 2 aliphatic heterocycles. The standard InChI is InChI=1S/C20H18N2O3/c1-12(23)22-9-8-15-14-4-2-3-5-16(14)21-19(15)20(22)13-6-7-17-18(10-13)25-11-24-17/h2-7,10,20-21H,8-9,11H2,1H3. The quantitative estimate of drug-likeness (QED) is 0.742. The molecule has 0 saturated heterocycles. The molecular weight excluding hydrogens is 316 g/mol. The van der Waals surface area contributed by atoms with Crippen LogP contribution in [0.25, 0.3) is 10.9 Å². The van der Waals surface area contributed by atoms with E-state index >= 15 is 0 Å². The van der Waals surface area contributed by atoms with Gasteiger partial charge in [0.05, 0.1) is 6.04 Å². The van der Waals surface area contributed by atoms with Crippen molar-refractivity contribution in [2.45, 2.75) is 19.4 Å². The first kappa shape index (κ1) is 14.4. The Morgan fingerprint density at radius 1 is 1.16 bits per heavy atom. The summed E-state index contributed by atoms with van der Waals surface area (Å²) in [6.07, 6.45) is 0.861. The third-order valence-electron chi connectivity index (χ3n) is 5.15. The number of amides is 1. The van der Waals surface area contributed by atoms with E-state index in [2.05, 4.69) is 23.2 Å². The second kappa shape index (κ2) is 5.28. The van der Waals surface area contributed by atoms with Gasteiger partial charge in [-0.1, -0.05) is 24.3 Å². The first-order valence-electron chi connectivity index (χ1n) is 8.48. The monoisotopic (exact) mass is 334 g/mol. The fourth-order valence-electron chi connectivity index (χ4n) is 4.01. The summed E-state index contributed by atoms with van der Waals surface area (Å²) >= 11 is 0. The number of H-pyrrole nitrogens is 1. The third kappa shape index (κ3) is 2.12. The average Bonchev–Trinajstić information content (AvgIpc) is 3.24. The van der Waals surface area contributed by atoms with E-state index < -0.39 is 0 Å². The van der Waals surface area contributed by atoms with Gasteiger partial charge in [-0.3, -0.25) is 4.79 Å². The Bertz CT molecular complexity index is 992. The van der Waals surface area contributed by atoms with Crippen LogP contribution in [0.3, 0.4) is 0 Å². The summed E-state index contributed by atoms with van der Waals surface area (Å²) < 4.78 is 11.0. The highest BCUT2D eigenvalue weighted by Gasteiger charge is 2.33. The summed E-state index contributed by atoms with van der Waals surface area (Å²) in [5, 5.41) is 1.24. The average molecular weight is 334 g/mol. The fourth-order valence-corrected chi connectivity index (χ4v) is 4.01. The number of rotatable bonds is 1. The van der Waals surface area contributed by atoms with Gasteiger partial charge in [0.15, 0.2) is 11.5 Å². The molecule has 1 N–H and O–H groups in total. The minimum Gasteiger partial charge on any atom is -0.454 e. The molecule has 1 amide bonds. The van der Waals surface area contributed by atoms with Gasteiger partial charge in [-0.15, -0.1) is 0 Å². The van der Waals surface area contributed by atoms with Crippen LogP contribution in [0.1, 0.15) is 29.8 Å². The highest BCUT2D eigenvalue weighted by atomic mass is 16.7. The maximum absolute atomic E-state index is 12.3. The molecule has 0 saturated carbocycles. The molecule has 3 aromatic rings. The maximum Gasteiger partial charge on any atom is 0.231 e. The number of hydrogen-bond acceptors (Lipinski definition) is 3. The highest BCUT2D eigenvalue weighted by Crippen LogP contribution is 2.41.